The number of nitrogens with zero attached hydrogens (tertiary/aromatic N) is 1. The normalized spacial score (nSPS) is 22.4. The van der Waals surface area contributed by atoms with Crippen molar-refractivity contribution in [3.63, 3.8) is 0 Å². The van der Waals surface area contributed by atoms with Crippen LogP contribution < -0.4 is 0 Å². The fourth-order valence-electron chi connectivity index (χ4n) is 2.92. The third-order valence-electron chi connectivity index (χ3n) is 4.31. The first-order chi connectivity index (χ1) is 11.1. The lowest BCUT2D eigenvalue weighted by molar-refractivity contribution is -0.0819. The van der Waals surface area contributed by atoms with Crippen molar-refractivity contribution in [2.24, 2.45) is 0 Å². The Balaban J connectivity index is 1.74. The average molecular weight is 319 g/mol. The topological polar surface area (TPSA) is 45.8 Å². The van der Waals surface area contributed by atoms with Crippen LogP contribution in [0, 0.1) is 12.7 Å². The monoisotopic (exact) mass is 319 g/mol. The van der Waals surface area contributed by atoms with Crippen molar-refractivity contribution in [3.05, 3.63) is 47.5 Å². The van der Waals surface area contributed by atoms with Crippen molar-refractivity contribution < 1.29 is 18.7 Å². The van der Waals surface area contributed by atoms with E-state index in [4.69, 9.17) is 9.15 Å². The quantitative estimate of drug-likeness (QED) is 0.941. The molecule has 1 aliphatic heterocycles. The van der Waals surface area contributed by atoms with Crippen LogP contribution in [0.15, 0.2) is 34.7 Å². The zero-order chi connectivity index (χ0) is 16.4. The van der Waals surface area contributed by atoms with Crippen molar-refractivity contribution in [1.82, 2.24) is 4.90 Å². The molecule has 1 N–H and O–H groups in total. The van der Waals surface area contributed by atoms with Gasteiger partial charge in [0.05, 0.1) is 25.9 Å². The molecule has 124 valence electrons. The second kappa shape index (κ2) is 6.83. The minimum Gasteiger partial charge on any atom is -0.460 e. The Kier molecular flexibility index (Phi) is 4.80. The van der Waals surface area contributed by atoms with Crippen molar-refractivity contribution in [3.8, 4) is 11.3 Å². The number of hydrogen-bond donors (Lipinski definition) is 1. The molecule has 5 heteroatoms. The van der Waals surface area contributed by atoms with Crippen LogP contribution in [-0.2, 0) is 11.3 Å². The summed E-state index contributed by atoms with van der Waals surface area (Å²) in [6.07, 6.45) is -0.139. The second-order valence-corrected chi connectivity index (χ2v) is 6.14. The maximum atomic E-state index is 13.2. The van der Waals surface area contributed by atoms with E-state index in [1.807, 2.05) is 19.1 Å². The van der Waals surface area contributed by atoms with E-state index in [1.165, 1.54) is 12.1 Å². The third-order valence-corrected chi connectivity index (χ3v) is 4.31. The average Bonchev–Trinajstić information content (AvgIpc) is 2.98. The van der Waals surface area contributed by atoms with E-state index in [-0.39, 0.29) is 24.6 Å². The summed E-state index contributed by atoms with van der Waals surface area (Å²) in [5, 5.41) is 9.26. The standard InChI is InChI=1S/C18H22FNO3/c1-12-7-14(19)3-5-17(12)18-6-4-15(23-18)8-20-9-16(10-21)22-11-13(20)2/h3-7,13,16,21H,8-11H2,1-2H3. The van der Waals surface area contributed by atoms with Gasteiger partial charge in [0.15, 0.2) is 0 Å². The number of aliphatic hydroxyl groups is 1. The number of furan rings is 1. The van der Waals surface area contributed by atoms with Gasteiger partial charge in [-0.25, -0.2) is 4.39 Å². The van der Waals surface area contributed by atoms with Gasteiger partial charge >= 0.3 is 0 Å². The van der Waals surface area contributed by atoms with Crippen LogP contribution in [-0.4, -0.2) is 41.9 Å². The fourth-order valence-corrected chi connectivity index (χ4v) is 2.92. The zero-order valence-electron chi connectivity index (χ0n) is 13.5. The van der Waals surface area contributed by atoms with E-state index in [2.05, 4.69) is 11.8 Å². The lowest BCUT2D eigenvalue weighted by atomic mass is 10.1. The summed E-state index contributed by atoms with van der Waals surface area (Å²) in [7, 11) is 0. The molecule has 1 aliphatic rings. The van der Waals surface area contributed by atoms with Crippen LogP contribution in [0.4, 0.5) is 4.39 Å². The van der Waals surface area contributed by atoms with Gasteiger partial charge < -0.3 is 14.3 Å². The molecule has 4 nitrogen and oxygen atoms in total. The number of aliphatic hydroxyl groups excluding tert-OH is 1. The van der Waals surface area contributed by atoms with E-state index in [0.29, 0.717) is 19.7 Å². The van der Waals surface area contributed by atoms with E-state index in [1.54, 1.807) is 6.07 Å². The van der Waals surface area contributed by atoms with Crippen LogP contribution in [0.5, 0.6) is 0 Å². The molecule has 2 unspecified atom stereocenters. The highest BCUT2D eigenvalue weighted by molar-refractivity contribution is 5.62. The number of morpholine rings is 1. The molecule has 2 aromatic rings. The van der Waals surface area contributed by atoms with Gasteiger partial charge in [0, 0.05) is 18.2 Å². The third kappa shape index (κ3) is 3.63. The highest BCUT2D eigenvalue weighted by atomic mass is 19.1. The maximum Gasteiger partial charge on any atom is 0.134 e. The molecule has 2 heterocycles. The number of aryl methyl sites for hydroxylation is 1. The van der Waals surface area contributed by atoms with Gasteiger partial charge in [0.2, 0.25) is 0 Å². The molecule has 1 saturated heterocycles. The van der Waals surface area contributed by atoms with Crippen LogP contribution >= 0.6 is 0 Å². The molecule has 3 rings (SSSR count). The van der Waals surface area contributed by atoms with E-state index < -0.39 is 0 Å². The molecular formula is C18H22FNO3. The SMILES string of the molecule is Cc1cc(F)ccc1-c1ccc(CN2CC(CO)OCC2C)o1. The summed E-state index contributed by atoms with van der Waals surface area (Å²) >= 11 is 0. The minimum atomic E-state index is -0.241. The first-order valence-corrected chi connectivity index (χ1v) is 7.88. The maximum absolute atomic E-state index is 13.2. The molecule has 0 radical (unpaired) electrons. The highest BCUT2D eigenvalue weighted by Gasteiger charge is 2.26. The van der Waals surface area contributed by atoms with Gasteiger partial charge in [-0.05, 0) is 49.7 Å². The van der Waals surface area contributed by atoms with Crippen molar-refractivity contribution in [2.75, 3.05) is 19.8 Å². The first-order valence-electron chi connectivity index (χ1n) is 7.88. The summed E-state index contributed by atoms with van der Waals surface area (Å²) in [6.45, 7) is 5.96. The molecule has 1 aromatic heterocycles. The number of halogens is 1. The molecule has 1 aromatic carbocycles. The predicted molar refractivity (Wildman–Crippen MR) is 85.5 cm³/mol. The summed E-state index contributed by atoms with van der Waals surface area (Å²) < 4.78 is 24.7. The molecular weight excluding hydrogens is 297 g/mol. The summed E-state index contributed by atoms with van der Waals surface area (Å²) in [6, 6.07) is 8.84. The number of rotatable bonds is 4. The zero-order valence-corrected chi connectivity index (χ0v) is 13.5. The van der Waals surface area contributed by atoms with Crippen molar-refractivity contribution >= 4 is 0 Å². The number of hydrogen-bond acceptors (Lipinski definition) is 4. The van der Waals surface area contributed by atoms with Crippen LogP contribution in [0.25, 0.3) is 11.3 Å². The predicted octanol–water partition coefficient (Wildman–Crippen LogP) is 2.98. The Morgan fingerprint density at radius 3 is 2.87 bits per heavy atom. The Labute approximate surface area is 135 Å². The summed E-state index contributed by atoms with van der Waals surface area (Å²) in [4.78, 5) is 2.24. The molecule has 1 fully saturated rings. The van der Waals surface area contributed by atoms with Crippen molar-refractivity contribution in [1.29, 1.82) is 0 Å². The Morgan fingerprint density at radius 1 is 1.30 bits per heavy atom. The van der Waals surface area contributed by atoms with Gasteiger partial charge in [0.25, 0.3) is 0 Å². The molecule has 2 atom stereocenters. The first kappa shape index (κ1) is 16.2. The number of benzene rings is 1. The van der Waals surface area contributed by atoms with E-state index in [0.717, 1.165) is 22.6 Å². The molecule has 0 saturated carbocycles. The van der Waals surface area contributed by atoms with Gasteiger partial charge in [-0.1, -0.05) is 0 Å². The lowest BCUT2D eigenvalue weighted by Gasteiger charge is -2.36. The second-order valence-electron chi connectivity index (χ2n) is 6.14. The lowest BCUT2D eigenvalue weighted by Crippen LogP contribution is -2.48. The summed E-state index contributed by atoms with van der Waals surface area (Å²) in [5.41, 5.74) is 1.76. The molecule has 0 bridgehead atoms. The van der Waals surface area contributed by atoms with Crippen LogP contribution in [0.2, 0.25) is 0 Å². The fraction of sp³-hybridized carbons (Fsp3) is 0.444. The van der Waals surface area contributed by atoms with Crippen LogP contribution in [0.3, 0.4) is 0 Å². The Hall–Kier alpha value is -1.69. The van der Waals surface area contributed by atoms with Gasteiger partial charge in [-0.2, -0.15) is 0 Å². The molecule has 0 aliphatic carbocycles. The molecule has 0 spiro atoms. The Bertz CT molecular complexity index is 670. The van der Waals surface area contributed by atoms with Crippen molar-refractivity contribution in [2.45, 2.75) is 32.5 Å². The van der Waals surface area contributed by atoms with Gasteiger partial charge in [-0.15, -0.1) is 0 Å². The van der Waals surface area contributed by atoms with E-state index >= 15 is 0 Å². The molecule has 0 amide bonds. The largest absolute Gasteiger partial charge is 0.460 e. The van der Waals surface area contributed by atoms with Gasteiger partial charge in [-0.3, -0.25) is 4.90 Å². The summed E-state index contributed by atoms with van der Waals surface area (Å²) in [5.74, 6) is 1.36. The van der Waals surface area contributed by atoms with E-state index in [9.17, 15) is 9.50 Å². The highest BCUT2D eigenvalue weighted by Crippen LogP contribution is 2.27. The molecule has 23 heavy (non-hydrogen) atoms. The van der Waals surface area contributed by atoms with Crippen LogP contribution in [0.1, 0.15) is 18.2 Å². The minimum absolute atomic E-state index is 0.0292. The smallest absolute Gasteiger partial charge is 0.134 e. The Morgan fingerprint density at radius 2 is 2.13 bits per heavy atom. The van der Waals surface area contributed by atoms with Gasteiger partial charge in [0.1, 0.15) is 17.3 Å². The number of ether oxygens (including phenoxy) is 1.